The summed E-state index contributed by atoms with van der Waals surface area (Å²) in [5.74, 6) is 2.23. The second-order valence-electron chi connectivity index (χ2n) is 1.50. The summed E-state index contributed by atoms with van der Waals surface area (Å²) in [5, 5.41) is 0. The highest BCUT2D eigenvalue weighted by Gasteiger charge is 2.15. The van der Waals surface area contributed by atoms with Crippen LogP contribution in [0.25, 0.3) is 0 Å². The van der Waals surface area contributed by atoms with Gasteiger partial charge in [0.05, 0.1) is 16.9 Å². The van der Waals surface area contributed by atoms with Crippen LogP contribution in [0.5, 0.6) is 0 Å². The molecule has 2 heteroatoms. The molecule has 0 aliphatic carbocycles. The maximum Gasteiger partial charge on any atom is 0.127 e. The highest BCUT2D eigenvalue weighted by Crippen LogP contribution is 2.37. The van der Waals surface area contributed by atoms with Crippen molar-refractivity contribution >= 4 is 11.8 Å². The van der Waals surface area contributed by atoms with Crippen LogP contribution < -0.4 is 0 Å². The third-order valence-corrected chi connectivity index (χ3v) is 2.14. The zero-order valence-electron chi connectivity index (χ0n) is 3.68. The molecule has 0 saturated carbocycles. The summed E-state index contributed by atoms with van der Waals surface area (Å²) in [6.07, 6.45) is 1.74. The van der Waals surface area contributed by atoms with Crippen molar-refractivity contribution in [3.05, 3.63) is 18.1 Å². The lowest BCUT2D eigenvalue weighted by Crippen LogP contribution is -1.87. The maximum atomic E-state index is 5.03. The van der Waals surface area contributed by atoms with Crippen LogP contribution in [0.1, 0.15) is 5.76 Å². The van der Waals surface area contributed by atoms with Crippen LogP contribution in [0.4, 0.5) is 0 Å². The summed E-state index contributed by atoms with van der Waals surface area (Å²) in [4.78, 5) is 1.32. The summed E-state index contributed by atoms with van der Waals surface area (Å²) >= 11 is 1.84. The molecule has 1 aliphatic rings. The molecule has 0 aromatic carbocycles. The van der Waals surface area contributed by atoms with Gasteiger partial charge in [-0.3, -0.25) is 0 Å². The lowest BCUT2D eigenvalue weighted by atomic mass is 10.5. The average Bonchev–Trinajstić information content (AvgIpc) is 1.85. The third kappa shape index (κ3) is 0.347. The predicted molar refractivity (Wildman–Crippen MR) is 28.3 cm³/mol. The summed E-state index contributed by atoms with van der Waals surface area (Å²) in [6, 6.07) is 2.00. The van der Waals surface area contributed by atoms with Crippen molar-refractivity contribution in [1.29, 1.82) is 0 Å². The van der Waals surface area contributed by atoms with Gasteiger partial charge >= 0.3 is 0 Å². The summed E-state index contributed by atoms with van der Waals surface area (Å²) in [6.45, 7) is 0. The van der Waals surface area contributed by atoms with E-state index >= 15 is 0 Å². The molecule has 1 aliphatic heterocycles. The Morgan fingerprint density at radius 3 is 3.00 bits per heavy atom. The second kappa shape index (κ2) is 1.07. The minimum Gasteiger partial charge on any atom is -0.467 e. The molecule has 2 rings (SSSR count). The summed E-state index contributed by atoms with van der Waals surface area (Å²) < 4.78 is 5.03. The number of hydrogen-bond acceptors (Lipinski definition) is 2. The van der Waals surface area contributed by atoms with E-state index in [1.165, 1.54) is 4.90 Å². The fraction of sp³-hybridized carbons (Fsp3) is 0.200. The van der Waals surface area contributed by atoms with Gasteiger partial charge in [-0.1, -0.05) is 0 Å². The zero-order valence-corrected chi connectivity index (χ0v) is 4.49. The molecular weight excluding hydrogens is 108 g/mol. The smallest absolute Gasteiger partial charge is 0.127 e. The molecule has 0 unspecified atom stereocenters. The Morgan fingerprint density at radius 1 is 1.71 bits per heavy atom. The molecule has 0 fully saturated rings. The van der Waals surface area contributed by atoms with Crippen LogP contribution in [-0.2, 0) is 5.75 Å². The van der Waals surface area contributed by atoms with Gasteiger partial charge in [0.2, 0.25) is 0 Å². The van der Waals surface area contributed by atoms with Crippen molar-refractivity contribution < 1.29 is 4.42 Å². The molecule has 36 valence electrons. The Balaban J connectivity index is 2.69. The highest BCUT2D eigenvalue weighted by atomic mass is 32.2. The van der Waals surface area contributed by atoms with Gasteiger partial charge in [-0.2, -0.15) is 0 Å². The van der Waals surface area contributed by atoms with Crippen LogP contribution in [0.2, 0.25) is 0 Å². The molecule has 0 bridgehead atoms. The van der Waals surface area contributed by atoms with Gasteiger partial charge in [-0.25, -0.2) is 0 Å². The third-order valence-electron chi connectivity index (χ3n) is 1.06. The van der Waals surface area contributed by atoms with Crippen molar-refractivity contribution in [3.63, 3.8) is 0 Å². The minimum absolute atomic E-state index is 1.07. The standard InChI is InChI=1S/C5H4OS/c1-2-6-4-3-7-5(1)4/h1-2H,3H2. The van der Waals surface area contributed by atoms with Gasteiger partial charge in [0, 0.05) is 0 Å². The molecule has 0 N–H and O–H groups in total. The zero-order chi connectivity index (χ0) is 4.69. The maximum absolute atomic E-state index is 5.03. The Kier molecular flexibility index (Phi) is 0.551. The predicted octanol–water partition coefficient (Wildman–Crippen LogP) is 1.89. The Morgan fingerprint density at radius 2 is 2.71 bits per heavy atom. The van der Waals surface area contributed by atoms with E-state index in [4.69, 9.17) is 4.42 Å². The molecule has 1 nitrogen and oxygen atoms in total. The lowest BCUT2D eigenvalue weighted by Gasteiger charge is -2.07. The number of thioether (sulfide) groups is 1. The van der Waals surface area contributed by atoms with E-state index in [-0.39, 0.29) is 0 Å². The molecular formula is C5H4OS. The Hall–Kier alpha value is -0.370. The molecule has 0 saturated heterocycles. The first-order valence-electron chi connectivity index (χ1n) is 2.16. The van der Waals surface area contributed by atoms with E-state index in [2.05, 4.69) is 0 Å². The molecule has 0 atom stereocenters. The van der Waals surface area contributed by atoms with Crippen LogP contribution in [0.15, 0.2) is 21.6 Å². The molecule has 1 aromatic rings. The second-order valence-corrected chi connectivity index (χ2v) is 2.51. The molecule has 1 aromatic heterocycles. The normalized spacial score (nSPS) is 15.4. The minimum atomic E-state index is 1.07. The lowest BCUT2D eigenvalue weighted by molar-refractivity contribution is 0.516. The highest BCUT2D eigenvalue weighted by molar-refractivity contribution is 7.99. The molecule has 2 heterocycles. The van der Waals surface area contributed by atoms with Crippen molar-refractivity contribution in [1.82, 2.24) is 0 Å². The van der Waals surface area contributed by atoms with Gasteiger partial charge in [-0.05, 0) is 6.07 Å². The van der Waals surface area contributed by atoms with Crippen LogP contribution >= 0.6 is 11.8 Å². The van der Waals surface area contributed by atoms with Gasteiger partial charge in [0.25, 0.3) is 0 Å². The molecule has 7 heavy (non-hydrogen) atoms. The van der Waals surface area contributed by atoms with E-state index < -0.39 is 0 Å². The van der Waals surface area contributed by atoms with Gasteiger partial charge < -0.3 is 4.42 Å². The fourth-order valence-corrected chi connectivity index (χ4v) is 1.32. The number of rotatable bonds is 0. The Labute approximate surface area is 45.7 Å². The monoisotopic (exact) mass is 112 g/mol. The van der Waals surface area contributed by atoms with Gasteiger partial charge in [0.15, 0.2) is 0 Å². The quantitative estimate of drug-likeness (QED) is 0.508. The SMILES string of the molecule is c1cc2c(o1)CS2. The Bertz CT molecular complexity index is 161. The van der Waals surface area contributed by atoms with Crippen molar-refractivity contribution in [2.24, 2.45) is 0 Å². The van der Waals surface area contributed by atoms with E-state index in [9.17, 15) is 0 Å². The van der Waals surface area contributed by atoms with E-state index in [1.54, 1.807) is 6.26 Å². The molecule has 0 spiro atoms. The largest absolute Gasteiger partial charge is 0.467 e. The molecule has 0 amide bonds. The van der Waals surface area contributed by atoms with Gasteiger partial charge in [-0.15, -0.1) is 11.8 Å². The van der Waals surface area contributed by atoms with Crippen LogP contribution in [-0.4, -0.2) is 0 Å². The van der Waals surface area contributed by atoms with Gasteiger partial charge in [0.1, 0.15) is 5.76 Å². The van der Waals surface area contributed by atoms with E-state index in [1.807, 2.05) is 17.8 Å². The van der Waals surface area contributed by atoms with E-state index in [0.717, 1.165) is 11.5 Å². The first-order valence-corrected chi connectivity index (χ1v) is 3.14. The fourth-order valence-electron chi connectivity index (χ4n) is 0.626. The first kappa shape index (κ1) is 3.61. The van der Waals surface area contributed by atoms with E-state index in [0.29, 0.717) is 0 Å². The number of fused-ring (bicyclic) bond motifs is 1. The first-order chi connectivity index (χ1) is 3.47. The van der Waals surface area contributed by atoms with Crippen molar-refractivity contribution in [2.45, 2.75) is 10.6 Å². The summed E-state index contributed by atoms with van der Waals surface area (Å²) in [5.41, 5.74) is 0. The number of hydrogen-bond donors (Lipinski definition) is 0. The summed E-state index contributed by atoms with van der Waals surface area (Å²) in [7, 11) is 0. The van der Waals surface area contributed by atoms with Crippen LogP contribution in [0.3, 0.4) is 0 Å². The van der Waals surface area contributed by atoms with Crippen molar-refractivity contribution in [3.8, 4) is 0 Å². The molecule has 0 radical (unpaired) electrons. The topological polar surface area (TPSA) is 13.1 Å². The van der Waals surface area contributed by atoms with Crippen LogP contribution in [0, 0.1) is 0 Å². The average molecular weight is 112 g/mol. The number of furan rings is 1. The van der Waals surface area contributed by atoms with Crippen molar-refractivity contribution in [2.75, 3.05) is 0 Å².